The minimum Gasteiger partial charge on any atom is -0.241 e. The molecule has 64 valence electrons. The molecule has 0 atom stereocenters. The second kappa shape index (κ2) is 4.01. The van der Waals surface area contributed by atoms with Crippen LogP contribution in [0.2, 0.25) is 5.15 Å². The number of rotatable bonds is 2. The zero-order chi connectivity index (χ0) is 9.14. The van der Waals surface area contributed by atoms with Gasteiger partial charge in [0.2, 0.25) is 0 Å². The largest absolute Gasteiger partial charge is 0.241 e. The van der Waals surface area contributed by atoms with Gasteiger partial charge < -0.3 is 0 Å². The Morgan fingerprint density at radius 3 is 3.00 bits per heavy atom. The van der Waals surface area contributed by atoms with Gasteiger partial charge in [-0.3, -0.25) is 0 Å². The normalized spacial score (nSPS) is 9.92. The van der Waals surface area contributed by atoms with Crippen LogP contribution in [0.5, 0.6) is 0 Å². The fraction of sp³-hybridized carbons (Fsp3) is 0.125. The molecule has 1 rings (SSSR count). The first-order valence-corrected chi connectivity index (χ1v) is 4.70. The van der Waals surface area contributed by atoms with E-state index in [1.165, 1.54) is 6.07 Å². The standard InChI is InChI=1S/C8H6BrClFN/c1-5(3-9)7-2-6(11)4-12-8(7)10/h2,4H,1,3H2. The Kier molecular flexibility index (Phi) is 3.23. The quantitative estimate of drug-likeness (QED) is 0.580. The van der Waals surface area contributed by atoms with E-state index in [4.69, 9.17) is 11.6 Å². The summed E-state index contributed by atoms with van der Waals surface area (Å²) in [6.07, 6.45) is 1.08. The van der Waals surface area contributed by atoms with Crippen LogP contribution in [0.3, 0.4) is 0 Å². The molecule has 0 aliphatic carbocycles. The first-order chi connectivity index (χ1) is 5.65. The number of hydrogen-bond donors (Lipinski definition) is 0. The summed E-state index contributed by atoms with van der Waals surface area (Å²) in [6, 6.07) is 1.32. The maximum absolute atomic E-state index is 12.7. The second-order valence-electron chi connectivity index (χ2n) is 2.23. The summed E-state index contributed by atoms with van der Waals surface area (Å²) in [5, 5.41) is 0.832. The third-order valence-electron chi connectivity index (χ3n) is 1.35. The minimum absolute atomic E-state index is 0.279. The molecule has 0 aliphatic rings. The Labute approximate surface area is 83.4 Å². The summed E-state index contributed by atoms with van der Waals surface area (Å²) in [5.41, 5.74) is 1.26. The fourth-order valence-corrected chi connectivity index (χ4v) is 1.28. The molecular formula is C8H6BrClFN. The Bertz CT molecular complexity index is 314. The van der Waals surface area contributed by atoms with Crippen LogP contribution in [-0.2, 0) is 0 Å². The number of nitrogens with zero attached hydrogens (tertiary/aromatic N) is 1. The van der Waals surface area contributed by atoms with Crippen molar-refractivity contribution in [2.75, 3.05) is 5.33 Å². The van der Waals surface area contributed by atoms with Crippen LogP contribution in [-0.4, -0.2) is 10.3 Å². The molecule has 0 radical (unpaired) electrons. The first kappa shape index (κ1) is 9.68. The number of aromatic nitrogens is 1. The van der Waals surface area contributed by atoms with Crippen molar-refractivity contribution in [3.63, 3.8) is 0 Å². The lowest BCUT2D eigenvalue weighted by Crippen LogP contribution is -1.90. The SMILES string of the molecule is C=C(CBr)c1cc(F)cnc1Cl. The topological polar surface area (TPSA) is 12.9 Å². The predicted molar refractivity (Wildman–Crippen MR) is 52.0 cm³/mol. The lowest BCUT2D eigenvalue weighted by Gasteiger charge is -2.03. The van der Waals surface area contributed by atoms with Crippen LogP contribution in [0.15, 0.2) is 18.8 Å². The average Bonchev–Trinajstić information content (AvgIpc) is 2.08. The van der Waals surface area contributed by atoms with E-state index in [2.05, 4.69) is 27.5 Å². The highest BCUT2D eigenvalue weighted by Gasteiger charge is 2.05. The van der Waals surface area contributed by atoms with E-state index in [0.29, 0.717) is 16.5 Å². The smallest absolute Gasteiger partial charge is 0.142 e. The monoisotopic (exact) mass is 249 g/mol. The predicted octanol–water partition coefficient (Wildman–Crippen LogP) is 3.28. The molecule has 0 aliphatic heterocycles. The van der Waals surface area contributed by atoms with Crippen LogP contribution in [0.25, 0.3) is 5.57 Å². The van der Waals surface area contributed by atoms with Crippen LogP contribution in [0.1, 0.15) is 5.56 Å². The zero-order valence-electron chi connectivity index (χ0n) is 6.15. The summed E-state index contributed by atoms with van der Waals surface area (Å²) in [4.78, 5) is 3.66. The molecule has 1 aromatic rings. The number of alkyl halides is 1. The summed E-state index contributed by atoms with van der Waals surface area (Å²) in [7, 11) is 0. The molecule has 4 heteroatoms. The highest BCUT2D eigenvalue weighted by atomic mass is 79.9. The lowest BCUT2D eigenvalue weighted by atomic mass is 10.1. The van der Waals surface area contributed by atoms with Crippen molar-refractivity contribution in [2.45, 2.75) is 0 Å². The molecular weight excluding hydrogens is 244 g/mol. The van der Waals surface area contributed by atoms with Gasteiger partial charge in [-0.05, 0) is 11.6 Å². The maximum atomic E-state index is 12.7. The van der Waals surface area contributed by atoms with E-state index in [9.17, 15) is 4.39 Å². The van der Waals surface area contributed by atoms with Gasteiger partial charge >= 0.3 is 0 Å². The lowest BCUT2D eigenvalue weighted by molar-refractivity contribution is 0.621. The van der Waals surface area contributed by atoms with Crippen molar-refractivity contribution in [1.29, 1.82) is 0 Å². The molecule has 0 aromatic carbocycles. The molecule has 0 fully saturated rings. The van der Waals surface area contributed by atoms with Crippen LogP contribution in [0.4, 0.5) is 4.39 Å². The van der Waals surface area contributed by atoms with Crippen LogP contribution in [0, 0.1) is 5.82 Å². The van der Waals surface area contributed by atoms with Gasteiger partial charge in [-0.15, -0.1) is 0 Å². The van der Waals surface area contributed by atoms with Gasteiger partial charge in [-0.2, -0.15) is 0 Å². The third-order valence-corrected chi connectivity index (χ3v) is 2.33. The van der Waals surface area contributed by atoms with Crippen molar-refractivity contribution in [2.24, 2.45) is 0 Å². The second-order valence-corrected chi connectivity index (χ2v) is 3.15. The van der Waals surface area contributed by atoms with E-state index in [-0.39, 0.29) is 5.15 Å². The molecule has 1 nitrogen and oxygen atoms in total. The van der Waals surface area contributed by atoms with E-state index < -0.39 is 5.82 Å². The van der Waals surface area contributed by atoms with E-state index >= 15 is 0 Å². The number of allylic oxidation sites excluding steroid dienone is 1. The average molecular weight is 250 g/mol. The molecule has 1 heterocycles. The van der Waals surface area contributed by atoms with Crippen molar-refractivity contribution < 1.29 is 4.39 Å². The van der Waals surface area contributed by atoms with E-state index in [1.54, 1.807) is 0 Å². The fourth-order valence-electron chi connectivity index (χ4n) is 0.743. The van der Waals surface area contributed by atoms with Crippen LogP contribution >= 0.6 is 27.5 Å². The van der Waals surface area contributed by atoms with Crippen molar-refractivity contribution in [3.05, 3.63) is 35.4 Å². The van der Waals surface area contributed by atoms with Gasteiger partial charge in [0.25, 0.3) is 0 Å². The van der Waals surface area contributed by atoms with Crippen molar-refractivity contribution in [3.8, 4) is 0 Å². The summed E-state index contributed by atoms with van der Waals surface area (Å²) in [5.74, 6) is -0.406. The summed E-state index contributed by atoms with van der Waals surface area (Å²) < 4.78 is 12.7. The Morgan fingerprint density at radius 2 is 2.42 bits per heavy atom. The van der Waals surface area contributed by atoms with Gasteiger partial charge in [0.15, 0.2) is 0 Å². The molecule has 0 N–H and O–H groups in total. The number of halogens is 3. The highest BCUT2D eigenvalue weighted by Crippen LogP contribution is 2.22. The summed E-state index contributed by atoms with van der Waals surface area (Å²) >= 11 is 8.91. The Morgan fingerprint density at radius 1 is 1.75 bits per heavy atom. The first-order valence-electron chi connectivity index (χ1n) is 3.20. The summed E-state index contributed by atoms with van der Waals surface area (Å²) in [6.45, 7) is 3.71. The van der Waals surface area contributed by atoms with Gasteiger partial charge in [0.05, 0.1) is 6.20 Å². The number of pyridine rings is 1. The Hall–Kier alpha value is -0.410. The van der Waals surface area contributed by atoms with Crippen LogP contribution < -0.4 is 0 Å². The molecule has 0 saturated carbocycles. The third kappa shape index (κ3) is 2.05. The van der Waals surface area contributed by atoms with Crippen molar-refractivity contribution in [1.82, 2.24) is 4.98 Å². The van der Waals surface area contributed by atoms with Gasteiger partial charge in [-0.1, -0.05) is 34.1 Å². The van der Waals surface area contributed by atoms with E-state index in [0.717, 1.165) is 6.20 Å². The molecule has 0 saturated heterocycles. The molecule has 12 heavy (non-hydrogen) atoms. The number of hydrogen-bond acceptors (Lipinski definition) is 1. The Balaban J connectivity index is 3.13. The van der Waals surface area contributed by atoms with Gasteiger partial charge in [0.1, 0.15) is 11.0 Å². The molecule has 0 spiro atoms. The van der Waals surface area contributed by atoms with Crippen molar-refractivity contribution >= 4 is 33.1 Å². The molecule has 0 amide bonds. The highest BCUT2D eigenvalue weighted by molar-refractivity contribution is 9.09. The maximum Gasteiger partial charge on any atom is 0.142 e. The zero-order valence-corrected chi connectivity index (χ0v) is 8.49. The minimum atomic E-state index is -0.406. The molecule has 0 bridgehead atoms. The molecule has 1 aromatic heterocycles. The van der Waals surface area contributed by atoms with E-state index in [1.807, 2.05) is 0 Å². The van der Waals surface area contributed by atoms with Gasteiger partial charge in [0, 0.05) is 10.9 Å². The molecule has 0 unspecified atom stereocenters. The van der Waals surface area contributed by atoms with Gasteiger partial charge in [-0.25, -0.2) is 9.37 Å².